The number of benzene rings is 2. The molecule has 2 N–H and O–H groups in total. The van der Waals surface area contributed by atoms with E-state index in [2.05, 4.69) is 15.0 Å². The van der Waals surface area contributed by atoms with E-state index in [1.165, 1.54) is 6.26 Å². The van der Waals surface area contributed by atoms with Crippen LogP contribution in [0.1, 0.15) is 34.5 Å². The zero-order valence-electron chi connectivity index (χ0n) is 18.8. The van der Waals surface area contributed by atoms with Gasteiger partial charge >= 0.3 is 0 Å². The lowest BCUT2D eigenvalue weighted by Gasteiger charge is -2.33. The topological polar surface area (TPSA) is 121 Å². The summed E-state index contributed by atoms with van der Waals surface area (Å²) in [6, 6.07) is 17.1. The molecule has 1 saturated heterocycles. The molecular formula is C25H24N4O5S. The molecule has 9 nitrogen and oxygen atoms in total. The Morgan fingerprint density at radius 1 is 1.06 bits per heavy atom. The summed E-state index contributed by atoms with van der Waals surface area (Å²) in [5.41, 5.74) is 1.32. The number of hydrogen-bond acceptors (Lipinski definition) is 6. The van der Waals surface area contributed by atoms with Crippen LogP contribution in [0.2, 0.25) is 0 Å². The summed E-state index contributed by atoms with van der Waals surface area (Å²) in [5.74, 6) is 0.0676. The Morgan fingerprint density at radius 3 is 2.69 bits per heavy atom. The SMILES string of the molecule is O=C(NCc1ccco1)c1ccccc1NC(=O)[C@@H]1CCCN(C2=NS(=O)(=O)c3ccccc32)C1. The fourth-order valence-electron chi connectivity index (χ4n) is 4.40. The first-order valence-corrected chi connectivity index (χ1v) is 12.8. The third-order valence-corrected chi connectivity index (χ3v) is 7.46. The molecule has 35 heavy (non-hydrogen) atoms. The zero-order chi connectivity index (χ0) is 24.4. The van der Waals surface area contributed by atoms with Crippen molar-refractivity contribution in [2.45, 2.75) is 24.3 Å². The lowest BCUT2D eigenvalue weighted by Crippen LogP contribution is -2.43. The molecule has 0 bridgehead atoms. The van der Waals surface area contributed by atoms with Gasteiger partial charge in [-0.3, -0.25) is 9.59 Å². The first-order chi connectivity index (χ1) is 16.9. The molecule has 1 aromatic heterocycles. The van der Waals surface area contributed by atoms with E-state index in [1.54, 1.807) is 60.7 Å². The van der Waals surface area contributed by atoms with Gasteiger partial charge in [0.1, 0.15) is 10.7 Å². The number of furan rings is 1. The molecule has 0 spiro atoms. The average molecular weight is 493 g/mol. The fourth-order valence-corrected chi connectivity index (χ4v) is 5.63. The van der Waals surface area contributed by atoms with Crippen LogP contribution in [0.25, 0.3) is 0 Å². The summed E-state index contributed by atoms with van der Waals surface area (Å²) in [5, 5.41) is 5.68. The number of amidine groups is 1. The van der Waals surface area contributed by atoms with E-state index in [-0.39, 0.29) is 29.2 Å². The van der Waals surface area contributed by atoms with Gasteiger partial charge in [-0.15, -0.1) is 4.40 Å². The van der Waals surface area contributed by atoms with Crippen molar-refractivity contribution >= 4 is 33.4 Å². The van der Waals surface area contributed by atoms with Crippen molar-refractivity contribution in [3.05, 3.63) is 83.8 Å². The molecule has 3 heterocycles. The molecule has 2 aromatic carbocycles. The molecule has 5 rings (SSSR count). The van der Waals surface area contributed by atoms with Gasteiger partial charge in [0.25, 0.3) is 15.9 Å². The molecule has 1 atom stereocenters. The summed E-state index contributed by atoms with van der Waals surface area (Å²) in [6.45, 7) is 1.18. The second-order valence-electron chi connectivity index (χ2n) is 8.47. The van der Waals surface area contributed by atoms with E-state index in [0.29, 0.717) is 54.3 Å². The van der Waals surface area contributed by atoms with Crippen molar-refractivity contribution in [3.8, 4) is 0 Å². The summed E-state index contributed by atoms with van der Waals surface area (Å²) in [4.78, 5) is 28.0. The van der Waals surface area contributed by atoms with E-state index in [9.17, 15) is 18.0 Å². The number of rotatable bonds is 5. The maximum atomic E-state index is 13.2. The van der Waals surface area contributed by atoms with Crippen molar-refractivity contribution in [2.75, 3.05) is 18.4 Å². The number of nitrogens with one attached hydrogen (secondary N) is 2. The number of piperidine rings is 1. The van der Waals surface area contributed by atoms with E-state index in [1.807, 2.05) is 4.90 Å². The highest BCUT2D eigenvalue weighted by molar-refractivity contribution is 7.90. The molecule has 10 heteroatoms. The first kappa shape index (κ1) is 22.9. The lowest BCUT2D eigenvalue weighted by molar-refractivity contribution is -0.121. The van der Waals surface area contributed by atoms with Gasteiger partial charge in [0, 0.05) is 18.7 Å². The summed E-state index contributed by atoms with van der Waals surface area (Å²) in [6.07, 6.45) is 2.90. The van der Waals surface area contributed by atoms with Crippen LogP contribution in [0.4, 0.5) is 5.69 Å². The smallest absolute Gasteiger partial charge is 0.285 e. The highest BCUT2D eigenvalue weighted by atomic mass is 32.2. The Hall–Kier alpha value is -3.92. The predicted molar refractivity (Wildman–Crippen MR) is 129 cm³/mol. The molecule has 2 amide bonds. The molecule has 2 aliphatic rings. The van der Waals surface area contributed by atoms with Crippen molar-refractivity contribution < 1.29 is 22.4 Å². The maximum absolute atomic E-state index is 13.2. The van der Waals surface area contributed by atoms with E-state index in [0.717, 1.165) is 0 Å². The van der Waals surface area contributed by atoms with Gasteiger partial charge in [0.2, 0.25) is 5.91 Å². The van der Waals surface area contributed by atoms with Crippen LogP contribution < -0.4 is 10.6 Å². The van der Waals surface area contributed by atoms with Crippen LogP contribution >= 0.6 is 0 Å². The van der Waals surface area contributed by atoms with Gasteiger partial charge in [-0.1, -0.05) is 24.3 Å². The van der Waals surface area contributed by atoms with Crippen molar-refractivity contribution in [2.24, 2.45) is 10.3 Å². The minimum absolute atomic E-state index is 0.191. The Bertz CT molecular complexity index is 1400. The Balaban J connectivity index is 1.29. The molecule has 180 valence electrons. The summed E-state index contributed by atoms with van der Waals surface area (Å²) in [7, 11) is -3.73. The minimum atomic E-state index is -3.73. The molecule has 3 aromatic rings. The largest absolute Gasteiger partial charge is 0.467 e. The maximum Gasteiger partial charge on any atom is 0.285 e. The molecule has 0 saturated carbocycles. The van der Waals surface area contributed by atoms with E-state index in [4.69, 9.17) is 4.42 Å². The highest BCUT2D eigenvalue weighted by Gasteiger charge is 2.35. The highest BCUT2D eigenvalue weighted by Crippen LogP contribution is 2.30. The van der Waals surface area contributed by atoms with Gasteiger partial charge in [-0.05, 0) is 49.2 Å². The van der Waals surface area contributed by atoms with Gasteiger partial charge < -0.3 is 20.0 Å². The van der Waals surface area contributed by atoms with Crippen LogP contribution in [0.15, 0.2) is 80.6 Å². The average Bonchev–Trinajstić information content (AvgIpc) is 3.49. The van der Waals surface area contributed by atoms with Gasteiger partial charge in [-0.2, -0.15) is 8.42 Å². The monoisotopic (exact) mass is 492 g/mol. The molecule has 0 radical (unpaired) electrons. The number of fused-ring (bicyclic) bond motifs is 1. The number of likely N-dealkylation sites (tertiary alicyclic amines) is 1. The van der Waals surface area contributed by atoms with Crippen LogP contribution in [0.5, 0.6) is 0 Å². The number of carbonyl (C=O) groups is 2. The van der Waals surface area contributed by atoms with E-state index < -0.39 is 10.0 Å². The molecule has 0 aliphatic carbocycles. The number of nitrogens with zero attached hydrogens (tertiary/aromatic N) is 2. The summed E-state index contributed by atoms with van der Waals surface area (Å²) < 4.78 is 34.1. The predicted octanol–water partition coefficient (Wildman–Crippen LogP) is 3.01. The zero-order valence-corrected chi connectivity index (χ0v) is 19.6. The second kappa shape index (κ2) is 9.38. The third-order valence-electron chi connectivity index (χ3n) is 6.14. The first-order valence-electron chi connectivity index (χ1n) is 11.3. The molecule has 2 aliphatic heterocycles. The molecule has 1 fully saturated rings. The fraction of sp³-hybridized carbons (Fsp3) is 0.240. The molecule has 0 unspecified atom stereocenters. The number of hydrogen-bond donors (Lipinski definition) is 2. The van der Waals surface area contributed by atoms with Crippen LogP contribution in [-0.4, -0.2) is 44.1 Å². The van der Waals surface area contributed by atoms with Crippen molar-refractivity contribution in [1.29, 1.82) is 0 Å². The third kappa shape index (κ3) is 4.69. The normalized spacial score (nSPS) is 18.5. The number of sulfonamides is 1. The Morgan fingerprint density at radius 2 is 1.86 bits per heavy atom. The lowest BCUT2D eigenvalue weighted by atomic mass is 9.96. The van der Waals surface area contributed by atoms with E-state index >= 15 is 0 Å². The number of para-hydroxylation sites is 1. The number of amides is 2. The Kier molecular flexibility index (Phi) is 6.12. The Labute approximate surface area is 202 Å². The van der Waals surface area contributed by atoms with Crippen LogP contribution in [0.3, 0.4) is 0 Å². The van der Waals surface area contributed by atoms with Gasteiger partial charge in [0.15, 0.2) is 5.84 Å². The van der Waals surface area contributed by atoms with Gasteiger partial charge in [0.05, 0.1) is 30.0 Å². The molecular weight excluding hydrogens is 468 g/mol. The summed E-state index contributed by atoms with van der Waals surface area (Å²) >= 11 is 0. The van der Waals surface area contributed by atoms with Crippen LogP contribution in [0, 0.1) is 5.92 Å². The number of carbonyl (C=O) groups excluding carboxylic acids is 2. The second-order valence-corrected chi connectivity index (χ2v) is 10.0. The minimum Gasteiger partial charge on any atom is -0.467 e. The standard InChI is InChI=1S/C25H24N4O5S/c30-24(27-21-11-3-1-9-19(21)25(31)26-15-18-8-6-14-34-18)17-7-5-13-29(16-17)23-20-10-2-4-12-22(20)35(32,33)28-23/h1-4,6,8-12,14,17H,5,7,13,15-16H2,(H,26,31)(H,27,30)/t17-/m1/s1. The van der Waals surface area contributed by atoms with Gasteiger partial charge in [-0.25, -0.2) is 0 Å². The quantitative estimate of drug-likeness (QED) is 0.565. The number of anilines is 1. The van der Waals surface area contributed by atoms with Crippen molar-refractivity contribution in [3.63, 3.8) is 0 Å². The van der Waals surface area contributed by atoms with Crippen LogP contribution in [-0.2, 0) is 21.4 Å². The van der Waals surface area contributed by atoms with Crippen molar-refractivity contribution in [1.82, 2.24) is 10.2 Å².